The third kappa shape index (κ3) is 3.42. The van der Waals surface area contributed by atoms with E-state index in [9.17, 15) is 4.79 Å². The van der Waals surface area contributed by atoms with Crippen molar-refractivity contribution in [2.45, 2.75) is 12.6 Å². The van der Waals surface area contributed by atoms with E-state index in [2.05, 4.69) is 25.5 Å². The van der Waals surface area contributed by atoms with Crippen molar-refractivity contribution in [1.29, 1.82) is 0 Å². The molecule has 1 unspecified atom stereocenters. The maximum Gasteiger partial charge on any atom is 0.267 e. The van der Waals surface area contributed by atoms with Gasteiger partial charge in [0.1, 0.15) is 6.54 Å². The first kappa shape index (κ1) is 16.6. The van der Waals surface area contributed by atoms with E-state index in [1.54, 1.807) is 6.07 Å². The molecule has 4 rings (SSSR count). The molecular formula is C18H20N6O2. The minimum Gasteiger partial charge on any atom is -0.337 e. The Bertz CT molecular complexity index is 936. The van der Waals surface area contributed by atoms with E-state index in [0.29, 0.717) is 11.7 Å². The van der Waals surface area contributed by atoms with Gasteiger partial charge in [-0.15, -0.1) is 0 Å². The van der Waals surface area contributed by atoms with Crippen LogP contribution in [0.4, 0.5) is 0 Å². The molecule has 1 aliphatic rings. The third-order valence-electron chi connectivity index (χ3n) is 4.51. The molecule has 0 saturated carbocycles. The fourth-order valence-corrected chi connectivity index (χ4v) is 3.02. The number of benzene rings is 1. The molecule has 1 saturated heterocycles. The van der Waals surface area contributed by atoms with Crippen LogP contribution >= 0.6 is 0 Å². The van der Waals surface area contributed by atoms with Crippen LogP contribution in [0.15, 0.2) is 51.8 Å². The van der Waals surface area contributed by atoms with Crippen molar-refractivity contribution in [2.24, 2.45) is 0 Å². The van der Waals surface area contributed by atoms with Gasteiger partial charge in [0.25, 0.3) is 5.56 Å². The van der Waals surface area contributed by atoms with Crippen LogP contribution in [0, 0.1) is 0 Å². The van der Waals surface area contributed by atoms with Crippen molar-refractivity contribution in [2.75, 3.05) is 26.7 Å². The van der Waals surface area contributed by atoms with Gasteiger partial charge in [0, 0.05) is 31.3 Å². The van der Waals surface area contributed by atoms with Crippen molar-refractivity contribution >= 4 is 0 Å². The van der Waals surface area contributed by atoms with Crippen LogP contribution < -0.4 is 10.9 Å². The SMILES string of the molecule is CN1CCNCC1c1noc(Cn2nc(-c3ccccc3)ccc2=O)n1. The average Bonchev–Trinajstić information content (AvgIpc) is 3.13. The summed E-state index contributed by atoms with van der Waals surface area (Å²) in [5, 5.41) is 11.8. The van der Waals surface area contributed by atoms with Gasteiger partial charge in [-0.3, -0.25) is 9.69 Å². The van der Waals surface area contributed by atoms with Gasteiger partial charge in [0.05, 0.1) is 11.7 Å². The molecule has 0 radical (unpaired) electrons. The molecule has 1 fully saturated rings. The summed E-state index contributed by atoms with van der Waals surface area (Å²) >= 11 is 0. The van der Waals surface area contributed by atoms with E-state index in [0.717, 1.165) is 30.9 Å². The van der Waals surface area contributed by atoms with Crippen molar-refractivity contribution in [3.8, 4) is 11.3 Å². The second-order valence-electron chi connectivity index (χ2n) is 6.33. The fourth-order valence-electron chi connectivity index (χ4n) is 3.02. The lowest BCUT2D eigenvalue weighted by atomic mass is 10.1. The Hall–Kier alpha value is -2.84. The minimum absolute atomic E-state index is 0.0709. The smallest absolute Gasteiger partial charge is 0.267 e. The number of aromatic nitrogens is 4. The predicted octanol–water partition coefficient (Wildman–Crippen LogP) is 0.918. The van der Waals surface area contributed by atoms with E-state index in [4.69, 9.17) is 4.52 Å². The monoisotopic (exact) mass is 352 g/mol. The molecule has 134 valence electrons. The van der Waals surface area contributed by atoms with Crippen LogP contribution in [-0.2, 0) is 6.54 Å². The molecule has 0 bridgehead atoms. The average molecular weight is 352 g/mol. The van der Waals surface area contributed by atoms with Gasteiger partial charge in [-0.1, -0.05) is 35.5 Å². The Morgan fingerprint density at radius 2 is 2.08 bits per heavy atom. The second-order valence-corrected chi connectivity index (χ2v) is 6.33. The summed E-state index contributed by atoms with van der Waals surface area (Å²) in [5.74, 6) is 1.00. The molecule has 1 aromatic carbocycles. The third-order valence-corrected chi connectivity index (χ3v) is 4.51. The van der Waals surface area contributed by atoms with Crippen molar-refractivity contribution in [3.05, 3.63) is 64.5 Å². The lowest BCUT2D eigenvalue weighted by molar-refractivity contribution is 0.190. The molecule has 1 atom stereocenters. The Labute approximate surface area is 150 Å². The van der Waals surface area contributed by atoms with Crippen LogP contribution in [-0.4, -0.2) is 51.5 Å². The highest BCUT2D eigenvalue weighted by molar-refractivity contribution is 5.57. The first-order chi connectivity index (χ1) is 12.7. The quantitative estimate of drug-likeness (QED) is 0.747. The first-order valence-electron chi connectivity index (χ1n) is 8.58. The van der Waals surface area contributed by atoms with E-state index in [1.165, 1.54) is 10.7 Å². The maximum atomic E-state index is 12.2. The molecular weight excluding hydrogens is 332 g/mol. The molecule has 1 N–H and O–H groups in total. The first-order valence-corrected chi connectivity index (χ1v) is 8.58. The Balaban J connectivity index is 1.57. The normalized spacial score (nSPS) is 18.1. The van der Waals surface area contributed by atoms with Gasteiger partial charge in [-0.05, 0) is 13.1 Å². The van der Waals surface area contributed by atoms with Gasteiger partial charge >= 0.3 is 0 Å². The van der Waals surface area contributed by atoms with E-state index in [1.807, 2.05) is 37.4 Å². The number of rotatable bonds is 4. The van der Waals surface area contributed by atoms with Crippen LogP contribution in [0.5, 0.6) is 0 Å². The molecule has 26 heavy (non-hydrogen) atoms. The van der Waals surface area contributed by atoms with Crippen molar-refractivity contribution in [3.63, 3.8) is 0 Å². The number of likely N-dealkylation sites (N-methyl/N-ethyl adjacent to an activating group) is 1. The molecule has 2 aromatic heterocycles. The van der Waals surface area contributed by atoms with Crippen molar-refractivity contribution in [1.82, 2.24) is 30.1 Å². The summed E-state index contributed by atoms with van der Waals surface area (Å²) in [6.45, 7) is 2.80. The summed E-state index contributed by atoms with van der Waals surface area (Å²) < 4.78 is 6.71. The molecule has 1 aliphatic heterocycles. The van der Waals surface area contributed by atoms with E-state index < -0.39 is 0 Å². The Morgan fingerprint density at radius 3 is 2.88 bits per heavy atom. The summed E-state index contributed by atoms with van der Waals surface area (Å²) in [7, 11) is 2.04. The molecule has 3 aromatic rings. The standard InChI is InChI=1S/C18H20N6O2/c1-23-10-9-19-11-15(23)18-20-16(26-22-18)12-24-17(25)8-7-14(21-24)13-5-3-2-4-6-13/h2-8,15,19H,9-12H2,1H3. The zero-order valence-electron chi connectivity index (χ0n) is 14.5. The van der Waals surface area contributed by atoms with Crippen LogP contribution in [0.25, 0.3) is 11.3 Å². The van der Waals surface area contributed by atoms with Gasteiger partial charge in [0.15, 0.2) is 5.82 Å². The fraction of sp³-hybridized carbons (Fsp3) is 0.333. The molecule has 0 spiro atoms. The van der Waals surface area contributed by atoms with Gasteiger partial charge in [-0.25, -0.2) is 4.68 Å². The lowest BCUT2D eigenvalue weighted by Crippen LogP contribution is -2.44. The van der Waals surface area contributed by atoms with Gasteiger partial charge in [-0.2, -0.15) is 10.1 Å². The zero-order chi connectivity index (χ0) is 17.9. The zero-order valence-corrected chi connectivity index (χ0v) is 14.5. The highest BCUT2D eigenvalue weighted by atomic mass is 16.5. The van der Waals surface area contributed by atoms with Gasteiger partial charge in [0.2, 0.25) is 5.89 Å². The highest BCUT2D eigenvalue weighted by Crippen LogP contribution is 2.18. The molecule has 0 amide bonds. The number of nitrogens with one attached hydrogen (secondary N) is 1. The minimum atomic E-state index is -0.208. The topological polar surface area (TPSA) is 89.1 Å². The van der Waals surface area contributed by atoms with Crippen LogP contribution in [0.3, 0.4) is 0 Å². The van der Waals surface area contributed by atoms with Crippen LogP contribution in [0.1, 0.15) is 17.8 Å². The Morgan fingerprint density at radius 1 is 1.23 bits per heavy atom. The van der Waals surface area contributed by atoms with Crippen LogP contribution in [0.2, 0.25) is 0 Å². The largest absolute Gasteiger partial charge is 0.337 e. The predicted molar refractivity (Wildman–Crippen MR) is 95.6 cm³/mol. The summed E-state index contributed by atoms with van der Waals surface area (Å²) in [6.07, 6.45) is 0. The second kappa shape index (κ2) is 7.19. The molecule has 8 heteroatoms. The number of hydrogen-bond acceptors (Lipinski definition) is 7. The lowest BCUT2D eigenvalue weighted by Gasteiger charge is -2.30. The highest BCUT2D eigenvalue weighted by Gasteiger charge is 2.25. The molecule has 3 heterocycles. The maximum absolute atomic E-state index is 12.2. The summed E-state index contributed by atoms with van der Waals surface area (Å²) in [5.41, 5.74) is 1.46. The van der Waals surface area contributed by atoms with E-state index >= 15 is 0 Å². The van der Waals surface area contributed by atoms with Gasteiger partial charge < -0.3 is 9.84 Å². The van der Waals surface area contributed by atoms with Crippen molar-refractivity contribution < 1.29 is 4.52 Å². The number of hydrogen-bond donors (Lipinski definition) is 1. The Kier molecular flexibility index (Phi) is 4.59. The number of piperazine rings is 1. The molecule has 8 nitrogen and oxygen atoms in total. The summed E-state index contributed by atoms with van der Waals surface area (Å²) in [4.78, 5) is 18.8. The summed E-state index contributed by atoms with van der Waals surface area (Å²) in [6, 6.07) is 13.0. The molecule has 0 aliphatic carbocycles. The number of nitrogens with zero attached hydrogens (tertiary/aromatic N) is 5. The van der Waals surface area contributed by atoms with E-state index in [-0.39, 0.29) is 18.1 Å².